The van der Waals surface area contributed by atoms with Gasteiger partial charge in [0.15, 0.2) is 0 Å². The highest BCUT2D eigenvalue weighted by Gasteiger charge is 2.39. The molecule has 0 spiro atoms. The number of hydrogen-bond acceptors (Lipinski definition) is 2. The van der Waals surface area contributed by atoms with Crippen molar-refractivity contribution in [2.75, 3.05) is 4.90 Å². The van der Waals surface area contributed by atoms with Crippen LogP contribution in [0.3, 0.4) is 0 Å². The topological polar surface area (TPSA) is 37.4 Å². The summed E-state index contributed by atoms with van der Waals surface area (Å²) in [5.41, 5.74) is 1.04. The quantitative estimate of drug-likeness (QED) is 0.812. The van der Waals surface area contributed by atoms with E-state index in [0.29, 0.717) is 11.3 Å². The van der Waals surface area contributed by atoms with Gasteiger partial charge in [-0.1, -0.05) is 36.4 Å². The fourth-order valence-electron chi connectivity index (χ4n) is 2.63. The number of carbonyl (C=O) groups is 2. The summed E-state index contributed by atoms with van der Waals surface area (Å²) in [7, 11) is 0. The predicted molar refractivity (Wildman–Crippen MR) is 77.1 cm³/mol. The summed E-state index contributed by atoms with van der Waals surface area (Å²) in [6.07, 6.45) is 0.378. The monoisotopic (exact) mass is 283 g/mol. The van der Waals surface area contributed by atoms with Crippen molar-refractivity contribution in [2.45, 2.75) is 12.8 Å². The van der Waals surface area contributed by atoms with Gasteiger partial charge >= 0.3 is 0 Å². The minimum Gasteiger partial charge on any atom is -0.274 e. The molecule has 1 heterocycles. The Balaban J connectivity index is 1.83. The molecule has 1 aliphatic heterocycles. The minimum atomic E-state index is -0.491. The third-order valence-corrected chi connectivity index (χ3v) is 3.68. The number of carbonyl (C=O) groups excluding carboxylic acids is 2. The van der Waals surface area contributed by atoms with Crippen molar-refractivity contribution >= 4 is 17.5 Å². The number of hydrogen-bond donors (Lipinski definition) is 0. The van der Waals surface area contributed by atoms with Crippen molar-refractivity contribution < 1.29 is 14.0 Å². The first-order valence-electron chi connectivity index (χ1n) is 6.82. The van der Waals surface area contributed by atoms with Crippen molar-refractivity contribution in [3.05, 3.63) is 66.0 Å². The highest BCUT2D eigenvalue weighted by Crippen LogP contribution is 2.28. The third kappa shape index (κ3) is 2.57. The van der Waals surface area contributed by atoms with Gasteiger partial charge in [-0.05, 0) is 30.2 Å². The molecule has 1 unspecified atom stereocenters. The Morgan fingerprint density at radius 3 is 2.38 bits per heavy atom. The standard InChI is InChI=1S/C17H14FNO2/c18-15-9-5-4-6-12(15)10-13-11-16(20)19(17(13)21)14-7-2-1-3-8-14/h1-9,13H,10-11H2. The molecule has 0 aromatic heterocycles. The second kappa shape index (κ2) is 5.48. The number of anilines is 1. The van der Waals surface area contributed by atoms with E-state index in [2.05, 4.69) is 0 Å². The molecule has 2 amide bonds. The van der Waals surface area contributed by atoms with Gasteiger partial charge in [0.2, 0.25) is 11.8 Å². The van der Waals surface area contributed by atoms with Crippen LogP contribution < -0.4 is 4.90 Å². The molecule has 3 nitrogen and oxygen atoms in total. The van der Waals surface area contributed by atoms with Crippen molar-refractivity contribution in [1.29, 1.82) is 0 Å². The summed E-state index contributed by atoms with van der Waals surface area (Å²) < 4.78 is 13.7. The smallest absolute Gasteiger partial charge is 0.237 e. The third-order valence-electron chi connectivity index (χ3n) is 3.68. The second-order valence-corrected chi connectivity index (χ2v) is 5.10. The summed E-state index contributed by atoms with van der Waals surface area (Å²) in [5, 5.41) is 0. The van der Waals surface area contributed by atoms with Crippen molar-refractivity contribution in [3.63, 3.8) is 0 Å². The summed E-state index contributed by atoms with van der Waals surface area (Å²) in [6.45, 7) is 0. The highest BCUT2D eigenvalue weighted by molar-refractivity contribution is 6.20. The molecule has 4 heteroatoms. The fourth-order valence-corrected chi connectivity index (χ4v) is 2.63. The average Bonchev–Trinajstić information content (AvgIpc) is 2.77. The molecule has 1 saturated heterocycles. The number of nitrogens with zero attached hydrogens (tertiary/aromatic N) is 1. The lowest BCUT2D eigenvalue weighted by molar-refractivity contribution is -0.122. The van der Waals surface area contributed by atoms with Crippen LogP contribution in [-0.2, 0) is 16.0 Å². The molecule has 0 radical (unpaired) electrons. The Morgan fingerprint density at radius 2 is 1.67 bits per heavy atom. The first-order valence-corrected chi connectivity index (χ1v) is 6.82. The van der Waals surface area contributed by atoms with Gasteiger partial charge < -0.3 is 0 Å². The maximum absolute atomic E-state index is 13.7. The molecule has 2 aromatic rings. The molecule has 0 bridgehead atoms. The van der Waals surface area contributed by atoms with Gasteiger partial charge in [0.25, 0.3) is 0 Å². The number of rotatable bonds is 3. The van der Waals surface area contributed by atoms with Crippen molar-refractivity contribution in [2.24, 2.45) is 5.92 Å². The number of amides is 2. The Bertz CT molecular complexity index is 684. The maximum atomic E-state index is 13.7. The van der Waals surface area contributed by atoms with E-state index in [1.54, 1.807) is 42.5 Å². The summed E-state index contributed by atoms with van der Waals surface area (Å²) >= 11 is 0. The normalized spacial score (nSPS) is 18.3. The van der Waals surface area contributed by atoms with Gasteiger partial charge in [0, 0.05) is 6.42 Å². The van der Waals surface area contributed by atoms with Gasteiger partial charge in [-0.25, -0.2) is 4.39 Å². The molecule has 0 saturated carbocycles. The van der Waals surface area contributed by atoms with Crippen LogP contribution in [0.25, 0.3) is 0 Å². The molecule has 3 rings (SSSR count). The second-order valence-electron chi connectivity index (χ2n) is 5.10. The van der Waals surface area contributed by atoms with E-state index >= 15 is 0 Å². The van der Waals surface area contributed by atoms with Gasteiger partial charge in [-0.3, -0.25) is 14.5 Å². The van der Waals surface area contributed by atoms with Crippen LogP contribution in [-0.4, -0.2) is 11.8 Å². The fraction of sp³-hybridized carbons (Fsp3) is 0.176. The van der Waals surface area contributed by atoms with Crippen molar-refractivity contribution in [1.82, 2.24) is 0 Å². The van der Waals surface area contributed by atoms with Gasteiger partial charge in [-0.15, -0.1) is 0 Å². The van der Waals surface area contributed by atoms with Crippen LogP contribution in [0.4, 0.5) is 10.1 Å². The number of imide groups is 1. The summed E-state index contributed by atoms with van der Waals surface area (Å²) in [5.74, 6) is -1.31. The zero-order chi connectivity index (χ0) is 14.8. The lowest BCUT2D eigenvalue weighted by Crippen LogP contribution is -2.30. The number of para-hydroxylation sites is 1. The zero-order valence-electron chi connectivity index (χ0n) is 11.3. The molecule has 0 aliphatic carbocycles. The van der Waals surface area contributed by atoms with E-state index in [0.717, 1.165) is 0 Å². The lowest BCUT2D eigenvalue weighted by atomic mass is 9.97. The Hall–Kier alpha value is -2.49. The Kier molecular flexibility index (Phi) is 3.52. The van der Waals surface area contributed by atoms with Crippen LogP contribution in [0.2, 0.25) is 0 Å². The average molecular weight is 283 g/mol. The Labute approximate surface area is 122 Å². The predicted octanol–water partition coefficient (Wildman–Crippen LogP) is 2.95. The van der Waals surface area contributed by atoms with E-state index in [9.17, 15) is 14.0 Å². The largest absolute Gasteiger partial charge is 0.274 e. The van der Waals surface area contributed by atoms with E-state index in [4.69, 9.17) is 0 Å². The van der Waals surface area contributed by atoms with E-state index in [1.165, 1.54) is 11.0 Å². The van der Waals surface area contributed by atoms with Crippen LogP contribution in [0.15, 0.2) is 54.6 Å². The first-order chi connectivity index (χ1) is 10.2. The molecular formula is C17H14FNO2. The van der Waals surface area contributed by atoms with Crippen LogP contribution >= 0.6 is 0 Å². The summed E-state index contributed by atoms with van der Waals surface area (Å²) in [4.78, 5) is 25.7. The Morgan fingerprint density at radius 1 is 1.00 bits per heavy atom. The number of halogens is 1. The van der Waals surface area contributed by atoms with Crippen LogP contribution in [0.5, 0.6) is 0 Å². The molecular weight excluding hydrogens is 269 g/mol. The molecule has 0 N–H and O–H groups in total. The molecule has 2 aromatic carbocycles. The zero-order valence-corrected chi connectivity index (χ0v) is 11.3. The van der Waals surface area contributed by atoms with Crippen LogP contribution in [0, 0.1) is 11.7 Å². The molecule has 21 heavy (non-hydrogen) atoms. The van der Waals surface area contributed by atoms with E-state index in [1.807, 2.05) is 6.07 Å². The lowest BCUT2D eigenvalue weighted by Gasteiger charge is -2.15. The van der Waals surface area contributed by atoms with E-state index in [-0.39, 0.29) is 30.5 Å². The molecule has 1 atom stereocenters. The molecule has 1 fully saturated rings. The van der Waals surface area contributed by atoms with Gasteiger partial charge in [-0.2, -0.15) is 0 Å². The highest BCUT2D eigenvalue weighted by atomic mass is 19.1. The van der Waals surface area contributed by atoms with Crippen molar-refractivity contribution in [3.8, 4) is 0 Å². The molecule has 106 valence electrons. The first kappa shape index (κ1) is 13.5. The van der Waals surface area contributed by atoms with Gasteiger partial charge in [0.1, 0.15) is 5.82 Å². The van der Waals surface area contributed by atoms with Crippen LogP contribution in [0.1, 0.15) is 12.0 Å². The van der Waals surface area contributed by atoms with Gasteiger partial charge in [0.05, 0.1) is 11.6 Å². The molecule has 1 aliphatic rings. The summed E-state index contributed by atoms with van der Waals surface area (Å²) in [6, 6.07) is 15.2. The number of benzene rings is 2. The minimum absolute atomic E-state index is 0.127. The SMILES string of the molecule is O=C1CC(Cc2ccccc2F)C(=O)N1c1ccccc1. The van der Waals surface area contributed by atoms with E-state index < -0.39 is 5.92 Å². The maximum Gasteiger partial charge on any atom is 0.237 e.